The van der Waals surface area contributed by atoms with Crippen LogP contribution in [0.3, 0.4) is 0 Å². The molecule has 1 fully saturated rings. The van der Waals surface area contributed by atoms with Crippen molar-refractivity contribution in [2.75, 3.05) is 26.3 Å². The first-order valence-corrected chi connectivity index (χ1v) is 8.72. The fraction of sp³-hybridized carbons (Fsp3) is 0.526. The molecule has 0 unspecified atom stereocenters. The van der Waals surface area contributed by atoms with Crippen LogP contribution < -0.4 is 0 Å². The molecule has 3 aliphatic heterocycles. The van der Waals surface area contributed by atoms with E-state index in [1.807, 2.05) is 6.20 Å². The first-order valence-electron chi connectivity index (χ1n) is 8.72. The van der Waals surface area contributed by atoms with Gasteiger partial charge in [-0.2, -0.15) is 0 Å². The van der Waals surface area contributed by atoms with Crippen molar-refractivity contribution in [2.24, 2.45) is 0 Å². The van der Waals surface area contributed by atoms with Crippen LogP contribution in [0.2, 0.25) is 0 Å². The lowest BCUT2D eigenvalue weighted by atomic mass is 10.0. The number of hydrogen-bond acceptors (Lipinski definition) is 4. The lowest BCUT2D eigenvalue weighted by Crippen LogP contribution is -2.47. The van der Waals surface area contributed by atoms with Gasteiger partial charge in [0, 0.05) is 57.2 Å². The molecule has 0 N–H and O–H groups in total. The third kappa shape index (κ3) is 2.88. The van der Waals surface area contributed by atoms with Gasteiger partial charge < -0.3 is 14.5 Å². The molecule has 4 rings (SSSR count). The molecule has 0 bridgehead atoms. The minimum atomic E-state index is 0.606. The van der Waals surface area contributed by atoms with E-state index in [2.05, 4.69) is 46.0 Å². The second-order valence-electron chi connectivity index (χ2n) is 6.69. The Hall–Kier alpha value is -1.81. The summed E-state index contributed by atoms with van der Waals surface area (Å²) in [6.45, 7) is 7.09. The van der Waals surface area contributed by atoms with E-state index in [-0.39, 0.29) is 0 Å². The van der Waals surface area contributed by atoms with Gasteiger partial charge in [0.2, 0.25) is 0 Å². The SMILES string of the molecule is CC1=C(N2CCc3ncccc3C2)N(C2CCOCC2)CC=C1. The molecule has 1 saturated heterocycles. The Morgan fingerprint density at radius 1 is 1.26 bits per heavy atom. The highest BCUT2D eigenvalue weighted by atomic mass is 16.5. The fourth-order valence-electron chi connectivity index (χ4n) is 4.03. The van der Waals surface area contributed by atoms with E-state index in [1.165, 1.54) is 22.7 Å². The van der Waals surface area contributed by atoms with E-state index in [1.54, 1.807) is 0 Å². The van der Waals surface area contributed by atoms with Crippen molar-refractivity contribution >= 4 is 0 Å². The summed E-state index contributed by atoms with van der Waals surface area (Å²) < 4.78 is 5.56. The zero-order valence-corrected chi connectivity index (χ0v) is 13.9. The third-order valence-corrected chi connectivity index (χ3v) is 5.19. The predicted molar refractivity (Wildman–Crippen MR) is 90.7 cm³/mol. The molecule has 0 spiro atoms. The van der Waals surface area contributed by atoms with Crippen LogP contribution in [-0.2, 0) is 17.7 Å². The van der Waals surface area contributed by atoms with E-state index in [0.29, 0.717) is 6.04 Å². The molecule has 4 nitrogen and oxygen atoms in total. The number of ether oxygens (including phenoxy) is 1. The van der Waals surface area contributed by atoms with Crippen LogP contribution in [0.4, 0.5) is 0 Å². The van der Waals surface area contributed by atoms with Crippen LogP contribution in [0.25, 0.3) is 0 Å². The summed E-state index contributed by atoms with van der Waals surface area (Å²) in [7, 11) is 0. The van der Waals surface area contributed by atoms with E-state index in [0.717, 1.165) is 52.1 Å². The molecule has 4 heterocycles. The minimum Gasteiger partial charge on any atom is -0.381 e. The summed E-state index contributed by atoms with van der Waals surface area (Å²) >= 11 is 0. The molecule has 1 aromatic heterocycles. The number of aromatic nitrogens is 1. The highest BCUT2D eigenvalue weighted by molar-refractivity contribution is 5.30. The molecule has 4 heteroatoms. The number of allylic oxidation sites excluding steroid dienone is 2. The molecule has 3 aliphatic rings. The first-order chi connectivity index (χ1) is 11.3. The average Bonchev–Trinajstić information content (AvgIpc) is 2.62. The summed E-state index contributed by atoms with van der Waals surface area (Å²) in [6, 6.07) is 4.89. The second kappa shape index (κ2) is 6.36. The number of nitrogens with zero attached hydrogens (tertiary/aromatic N) is 3. The molecule has 0 amide bonds. The van der Waals surface area contributed by atoms with Crippen LogP contribution in [-0.4, -0.2) is 47.1 Å². The molecule has 0 radical (unpaired) electrons. The molecule has 1 aromatic rings. The molecule has 122 valence electrons. The number of fused-ring (bicyclic) bond motifs is 1. The Balaban J connectivity index is 1.61. The van der Waals surface area contributed by atoms with Gasteiger partial charge in [0.1, 0.15) is 5.82 Å². The van der Waals surface area contributed by atoms with Gasteiger partial charge in [0.15, 0.2) is 0 Å². The van der Waals surface area contributed by atoms with E-state index < -0.39 is 0 Å². The van der Waals surface area contributed by atoms with Gasteiger partial charge in [-0.05, 0) is 37.0 Å². The van der Waals surface area contributed by atoms with Gasteiger partial charge in [0.25, 0.3) is 0 Å². The second-order valence-corrected chi connectivity index (χ2v) is 6.69. The van der Waals surface area contributed by atoms with Crippen molar-refractivity contribution in [3.05, 3.63) is 53.1 Å². The van der Waals surface area contributed by atoms with Crippen LogP contribution in [0.1, 0.15) is 31.0 Å². The van der Waals surface area contributed by atoms with Crippen LogP contribution >= 0.6 is 0 Å². The topological polar surface area (TPSA) is 28.6 Å². The van der Waals surface area contributed by atoms with E-state index in [9.17, 15) is 0 Å². The zero-order valence-electron chi connectivity index (χ0n) is 13.9. The largest absolute Gasteiger partial charge is 0.381 e. The van der Waals surface area contributed by atoms with Crippen molar-refractivity contribution in [3.63, 3.8) is 0 Å². The Bertz CT molecular complexity index is 631. The van der Waals surface area contributed by atoms with Gasteiger partial charge >= 0.3 is 0 Å². The standard InChI is InChI=1S/C19H25N3O/c1-15-4-3-10-22(17-7-12-23-13-8-17)19(15)21-11-6-18-16(14-21)5-2-9-20-18/h2-5,9,17H,6-8,10-14H2,1H3. The van der Waals surface area contributed by atoms with Crippen molar-refractivity contribution in [1.82, 2.24) is 14.8 Å². The van der Waals surface area contributed by atoms with Gasteiger partial charge in [-0.15, -0.1) is 0 Å². The Morgan fingerprint density at radius 3 is 3.00 bits per heavy atom. The quantitative estimate of drug-likeness (QED) is 0.840. The summed E-state index contributed by atoms with van der Waals surface area (Å²) in [5, 5.41) is 0. The first kappa shape index (κ1) is 14.8. The lowest BCUT2D eigenvalue weighted by molar-refractivity contribution is 0.0353. The van der Waals surface area contributed by atoms with Crippen molar-refractivity contribution < 1.29 is 4.74 Å². The summed E-state index contributed by atoms with van der Waals surface area (Å²) in [5.74, 6) is 1.42. The Labute approximate surface area is 138 Å². The lowest BCUT2D eigenvalue weighted by Gasteiger charge is -2.45. The van der Waals surface area contributed by atoms with Gasteiger partial charge in [-0.25, -0.2) is 0 Å². The summed E-state index contributed by atoms with van der Waals surface area (Å²) in [6.07, 6.45) is 9.81. The monoisotopic (exact) mass is 311 g/mol. The maximum Gasteiger partial charge on any atom is 0.108 e. The Kier molecular flexibility index (Phi) is 4.08. The van der Waals surface area contributed by atoms with Gasteiger partial charge in [-0.1, -0.05) is 18.2 Å². The smallest absolute Gasteiger partial charge is 0.108 e. The summed E-state index contributed by atoms with van der Waals surface area (Å²) in [4.78, 5) is 9.70. The molecule has 23 heavy (non-hydrogen) atoms. The van der Waals surface area contributed by atoms with Crippen molar-refractivity contribution in [3.8, 4) is 0 Å². The highest BCUT2D eigenvalue weighted by Crippen LogP contribution is 2.30. The predicted octanol–water partition coefficient (Wildman–Crippen LogP) is 2.72. The summed E-state index contributed by atoms with van der Waals surface area (Å²) in [5.41, 5.74) is 4.03. The zero-order chi connectivity index (χ0) is 15.6. The van der Waals surface area contributed by atoms with Crippen molar-refractivity contribution in [1.29, 1.82) is 0 Å². The molecule has 0 atom stereocenters. The molecular formula is C19H25N3O. The number of hydrogen-bond donors (Lipinski definition) is 0. The minimum absolute atomic E-state index is 0.606. The fourth-order valence-corrected chi connectivity index (χ4v) is 4.03. The van der Waals surface area contributed by atoms with E-state index >= 15 is 0 Å². The maximum atomic E-state index is 5.56. The van der Waals surface area contributed by atoms with Crippen LogP contribution in [0.15, 0.2) is 41.9 Å². The van der Waals surface area contributed by atoms with Gasteiger partial charge in [-0.3, -0.25) is 4.98 Å². The molecular weight excluding hydrogens is 286 g/mol. The molecule has 0 saturated carbocycles. The molecule has 0 aromatic carbocycles. The molecule has 0 aliphatic carbocycles. The van der Waals surface area contributed by atoms with E-state index in [4.69, 9.17) is 4.74 Å². The van der Waals surface area contributed by atoms with Crippen LogP contribution in [0, 0.1) is 0 Å². The third-order valence-electron chi connectivity index (χ3n) is 5.19. The highest BCUT2D eigenvalue weighted by Gasteiger charge is 2.30. The van der Waals surface area contributed by atoms with Gasteiger partial charge in [0.05, 0.1) is 0 Å². The Morgan fingerprint density at radius 2 is 2.13 bits per heavy atom. The number of pyridine rings is 1. The van der Waals surface area contributed by atoms with Crippen LogP contribution in [0.5, 0.6) is 0 Å². The number of rotatable bonds is 2. The average molecular weight is 311 g/mol. The van der Waals surface area contributed by atoms with Crippen molar-refractivity contribution in [2.45, 2.75) is 38.8 Å². The normalized spacial score (nSPS) is 22.5. The maximum absolute atomic E-state index is 5.56.